The van der Waals surface area contributed by atoms with Gasteiger partial charge in [0.1, 0.15) is 4.21 Å². The lowest BCUT2D eigenvalue weighted by atomic mass is 10.2. The monoisotopic (exact) mass is 401 g/mol. The van der Waals surface area contributed by atoms with Crippen molar-refractivity contribution in [2.24, 2.45) is 0 Å². The molecule has 0 bridgehead atoms. The van der Waals surface area contributed by atoms with Gasteiger partial charge < -0.3 is 5.32 Å². The number of carbonyl (C=O) groups is 1. The maximum atomic E-state index is 13.4. The van der Waals surface area contributed by atoms with E-state index in [1.807, 2.05) is 24.3 Å². The molecule has 1 aliphatic rings. The molecule has 8 heteroatoms. The molecule has 1 aromatic carbocycles. The van der Waals surface area contributed by atoms with Gasteiger partial charge in [-0.1, -0.05) is 18.2 Å². The van der Waals surface area contributed by atoms with Crippen molar-refractivity contribution in [3.8, 4) is 0 Å². The van der Waals surface area contributed by atoms with E-state index in [-0.39, 0.29) is 25.0 Å². The molecule has 4 rings (SSSR count). The summed E-state index contributed by atoms with van der Waals surface area (Å²) in [7, 11) is -3.69. The number of aromatic nitrogens is 1. The lowest BCUT2D eigenvalue weighted by Gasteiger charge is -2.24. The van der Waals surface area contributed by atoms with Crippen molar-refractivity contribution in [1.29, 1.82) is 0 Å². The molecule has 27 heavy (non-hydrogen) atoms. The standard InChI is InChI=1S/C19H19N3O3S2/c23-18-6-5-16(21-18)13-22(12-14-7-9-20-10-8-14)27(24,25)19-11-15-3-1-2-4-17(15)26-19/h1-4,7-11,16H,5-6,12-13H2,(H,21,23)/t16-/m0/s1. The first kappa shape index (κ1) is 18.1. The van der Waals surface area contributed by atoms with Crippen LogP contribution in [0.5, 0.6) is 0 Å². The fourth-order valence-corrected chi connectivity index (χ4v) is 6.24. The van der Waals surface area contributed by atoms with E-state index in [0.29, 0.717) is 17.1 Å². The van der Waals surface area contributed by atoms with Crippen molar-refractivity contribution >= 4 is 37.4 Å². The lowest BCUT2D eigenvalue weighted by molar-refractivity contribution is -0.119. The Morgan fingerprint density at radius 2 is 1.96 bits per heavy atom. The van der Waals surface area contributed by atoms with E-state index in [9.17, 15) is 13.2 Å². The number of fused-ring (bicyclic) bond motifs is 1. The molecule has 0 radical (unpaired) electrons. The first-order valence-corrected chi connectivity index (χ1v) is 10.9. The molecular formula is C19H19N3O3S2. The van der Waals surface area contributed by atoms with Crippen LogP contribution in [0, 0.1) is 0 Å². The Hall–Kier alpha value is -2.29. The van der Waals surface area contributed by atoms with Gasteiger partial charge in [-0.05, 0) is 41.6 Å². The Kier molecular flexibility index (Phi) is 4.94. The highest BCUT2D eigenvalue weighted by atomic mass is 32.2. The molecule has 2 aromatic heterocycles. The summed E-state index contributed by atoms with van der Waals surface area (Å²) in [6, 6.07) is 12.8. The number of carbonyl (C=O) groups excluding carboxylic acids is 1. The van der Waals surface area contributed by atoms with Crippen molar-refractivity contribution in [2.75, 3.05) is 6.54 Å². The molecule has 140 valence electrons. The second-order valence-corrected chi connectivity index (χ2v) is 9.81. The maximum Gasteiger partial charge on any atom is 0.252 e. The van der Waals surface area contributed by atoms with Gasteiger partial charge in [-0.15, -0.1) is 11.3 Å². The Morgan fingerprint density at radius 1 is 1.19 bits per heavy atom. The number of benzene rings is 1. The Morgan fingerprint density at radius 3 is 2.67 bits per heavy atom. The lowest BCUT2D eigenvalue weighted by Crippen LogP contribution is -2.41. The number of thiophene rings is 1. The second kappa shape index (κ2) is 7.38. The van der Waals surface area contributed by atoms with Crippen LogP contribution in [0.2, 0.25) is 0 Å². The van der Waals surface area contributed by atoms with E-state index in [1.165, 1.54) is 15.6 Å². The van der Waals surface area contributed by atoms with E-state index in [2.05, 4.69) is 10.3 Å². The number of nitrogens with zero attached hydrogens (tertiary/aromatic N) is 2. The van der Waals surface area contributed by atoms with Gasteiger partial charge in [0.2, 0.25) is 5.91 Å². The van der Waals surface area contributed by atoms with E-state index in [4.69, 9.17) is 0 Å². The SMILES string of the molecule is O=C1CC[C@@H](CN(Cc2ccncc2)S(=O)(=O)c2cc3ccccc3s2)N1. The number of sulfonamides is 1. The summed E-state index contributed by atoms with van der Waals surface area (Å²) in [6.07, 6.45) is 4.39. The molecule has 1 aliphatic heterocycles. The molecule has 0 aliphatic carbocycles. The zero-order chi connectivity index (χ0) is 18.9. The van der Waals surface area contributed by atoms with Gasteiger partial charge in [-0.2, -0.15) is 4.31 Å². The summed E-state index contributed by atoms with van der Waals surface area (Å²) in [6.45, 7) is 0.496. The van der Waals surface area contributed by atoms with Gasteiger partial charge in [0.25, 0.3) is 10.0 Å². The van der Waals surface area contributed by atoms with Gasteiger partial charge in [0, 0.05) is 42.6 Å². The molecule has 3 aromatic rings. The van der Waals surface area contributed by atoms with E-state index in [1.54, 1.807) is 30.6 Å². The highest BCUT2D eigenvalue weighted by molar-refractivity contribution is 7.91. The Bertz CT molecular complexity index is 1030. The number of nitrogens with one attached hydrogen (secondary N) is 1. The Balaban J connectivity index is 1.67. The predicted octanol–water partition coefficient (Wildman–Crippen LogP) is 2.77. The largest absolute Gasteiger partial charge is 0.352 e. The summed E-state index contributed by atoms with van der Waals surface area (Å²) in [5, 5.41) is 3.78. The zero-order valence-electron chi connectivity index (χ0n) is 14.5. The average molecular weight is 402 g/mol. The van der Waals surface area contributed by atoms with Crippen molar-refractivity contribution < 1.29 is 13.2 Å². The first-order valence-electron chi connectivity index (χ1n) is 8.69. The normalized spacial score (nSPS) is 17.5. The maximum absolute atomic E-state index is 13.4. The highest BCUT2D eigenvalue weighted by Crippen LogP contribution is 2.31. The van der Waals surface area contributed by atoms with Gasteiger partial charge in [0.05, 0.1) is 0 Å². The van der Waals surface area contributed by atoms with Crippen molar-refractivity contribution in [3.05, 3.63) is 60.4 Å². The summed E-state index contributed by atoms with van der Waals surface area (Å²) in [5.74, 6) is -0.0249. The summed E-state index contributed by atoms with van der Waals surface area (Å²) < 4.78 is 29.5. The van der Waals surface area contributed by atoms with Crippen molar-refractivity contribution in [2.45, 2.75) is 29.6 Å². The van der Waals surface area contributed by atoms with Crippen molar-refractivity contribution in [3.63, 3.8) is 0 Å². The molecule has 0 unspecified atom stereocenters. The molecule has 0 saturated carbocycles. The summed E-state index contributed by atoms with van der Waals surface area (Å²) in [4.78, 5) is 15.5. The van der Waals surface area contributed by atoms with Crippen LogP contribution >= 0.6 is 11.3 Å². The number of amides is 1. The third kappa shape index (κ3) is 3.87. The number of pyridine rings is 1. The van der Waals surface area contributed by atoms with E-state index >= 15 is 0 Å². The third-order valence-corrected chi connectivity index (χ3v) is 7.99. The first-order chi connectivity index (χ1) is 13.0. The number of rotatable bonds is 6. The van der Waals surface area contributed by atoms with Crippen molar-refractivity contribution in [1.82, 2.24) is 14.6 Å². The van der Waals surface area contributed by atoms with Crippen LogP contribution in [0.15, 0.2) is 59.1 Å². The molecule has 1 fully saturated rings. The molecule has 0 spiro atoms. The predicted molar refractivity (Wildman–Crippen MR) is 105 cm³/mol. The molecule has 1 amide bonds. The van der Waals surface area contributed by atoms with Crippen LogP contribution in [-0.2, 0) is 21.4 Å². The molecule has 1 saturated heterocycles. The summed E-state index contributed by atoms with van der Waals surface area (Å²) >= 11 is 1.27. The second-order valence-electron chi connectivity index (χ2n) is 6.56. The van der Waals surface area contributed by atoms with Gasteiger partial charge in [0.15, 0.2) is 0 Å². The molecule has 6 nitrogen and oxygen atoms in total. The molecule has 3 heterocycles. The quantitative estimate of drug-likeness (QED) is 0.689. The van der Waals surface area contributed by atoms with Gasteiger partial charge in [-0.3, -0.25) is 9.78 Å². The van der Waals surface area contributed by atoms with Crippen LogP contribution in [0.1, 0.15) is 18.4 Å². The van der Waals surface area contributed by atoms with Crippen LogP contribution < -0.4 is 5.32 Å². The van der Waals surface area contributed by atoms with Gasteiger partial charge in [-0.25, -0.2) is 8.42 Å². The Labute approximate surface area is 161 Å². The van der Waals surface area contributed by atoms with Crippen LogP contribution in [-0.4, -0.2) is 36.2 Å². The fourth-order valence-electron chi connectivity index (χ4n) is 3.21. The molecular weight excluding hydrogens is 382 g/mol. The van der Waals surface area contributed by atoms with Crippen LogP contribution in [0.25, 0.3) is 10.1 Å². The number of hydrogen-bond acceptors (Lipinski definition) is 5. The minimum atomic E-state index is -3.69. The van der Waals surface area contributed by atoms with Crippen LogP contribution in [0.4, 0.5) is 0 Å². The molecule has 1 atom stereocenters. The zero-order valence-corrected chi connectivity index (χ0v) is 16.2. The third-order valence-electron chi connectivity index (χ3n) is 4.61. The minimum Gasteiger partial charge on any atom is -0.352 e. The van der Waals surface area contributed by atoms with E-state index < -0.39 is 10.0 Å². The average Bonchev–Trinajstić information content (AvgIpc) is 3.28. The molecule has 1 N–H and O–H groups in total. The highest BCUT2D eigenvalue weighted by Gasteiger charge is 2.31. The fraction of sp³-hybridized carbons (Fsp3) is 0.263. The minimum absolute atomic E-state index is 0.0249. The summed E-state index contributed by atoms with van der Waals surface area (Å²) in [5.41, 5.74) is 0.860. The number of hydrogen-bond donors (Lipinski definition) is 1. The smallest absolute Gasteiger partial charge is 0.252 e. The van der Waals surface area contributed by atoms with E-state index in [0.717, 1.165) is 15.6 Å². The van der Waals surface area contributed by atoms with Gasteiger partial charge >= 0.3 is 0 Å². The topological polar surface area (TPSA) is 79.4 Å². The van der Waals surface area contributed by atoms with Crippen LogP contribution in [0.3, 0.4) is 0 Å².